The lowest BCUT2D eigenvalue weighted by molar-refractivity contribution is 0.0600. The molecular formula is C101H105N15O17. The molecule has 0 amide bonds. The molecule has 2 atom stereocenters. The van der Waals surface area contributed by atoms with E-state index in [2.05, 4.69) is 77.5 Å². The van der Waals surface area contributed by atoms with Crippen LogP contribution >= 0.6 is 0 Å². The molecule has 0 radical (unpaired) electrons. The topological polar surface area (TPSA) is 505 Å². The van der Waals surface area contributed by atoms with Gasteiger partial charge in [-0.2, -0.15) is 19.9 Å². The fraction of sp³-hybridized carbons (Fsp3) is 0.238. The number of phenolic OH excluding ortho intramolecular Hbond substituents is 15. The number of anilines is 3. The first-order chi connectivity index (χ1) is 63.6. The Morgan fingerprint density at radius 2 is 0.632 bits per heavy atom. The van der Waals surface area contributed by atoms with Crippen molar-refractivity contribution in [3.8, 4) is 200 Å². The van der Waals surface area contributed by atoms with Gasteiger partial charge in [0.25, 0.3) is 0 Å². The fourth-order valence-electron chi connectivity index (χ4n) is 14.7. The van der Waals surface area contributed by atoms with E-state index in [1.54, 1.807) is 36.4 Å². The predicted molar refractivity (Wildman–Crippen MR) is 506 cm³/mol. The number of nitrogens with zero attached hydrogens (tertiary/aromatic N) is 14. The monoisotopic (exact) mass is 1800 g/mol. The summed E-state index contributed by atoms with van der Waals surface area (Å²) in [5.74, 6) is 2.79. The highest BCUT2D eigenvalue weighted by Crippen LogP contribution is 2.42. The van der Waals surface area contributed by atoms with Gasteiger partial charge in [-0.25, -0.2) is 44.7 Å². The summed E-state index contributed by atoms with van der Waals surface area (Å²) in [6, 6.07) is 45.9. The van der Waals surface area contributed by atoms with Crippen molar-refractivity contribution in [2.75, 3.05) is 30.4 Å². The van der Waals surface area contributed by atoms with E-state index in [1.165, 1.54) is 92.0 Å². The summed E-state index contributed by atoms with van der Waals surface area (Å²) in [6.45, 7) is 21.5. The second-order valence-electron chi connectivity index (χ2n) is 32.2. The lowest BCUT2D eigenvalue weighted by Crippen LogP contribution is -2.35. The molecule has 16 N–H and O–H groups in total. The van der Waals surface area contributed by atoms with E-state index in [0.29, 0.717) is 80.3 Å². The van der Waals surface area contributed by atoms with Crippen LogP contribution in [0, 0.1) is 53.4 Å². The van der Waals surface area contributed by atoms with Crippen LogP contribution in [0.3, 0.4) is 0 Å². The van der Waals surface area contributed by atoms with E-state index >= 15 is 0 Å². The minimum atomic E-state index is -0.475. The van der Waals surface area contributed by atoms with Crippen molar-refractivity contribution < 1.29 is 86.1 Å². The molecule has 15 rings (SSSR count). The Morgan fingerprint density at radius 1 is 0.353 bits per heavy atom. The van der Waals surface area contributed by atoms with E-state index in [0.717, 1.165) is 127 Å². The number of aromatic nitrogens is 13. The normalized spacial score (nSPS) is 11.4. The molecule has 15 aromatic rings. The molecule has 5 aromatic heterocycles. The molecule has 0 fully saturated rings. The smallest absolute Gasteiger partial charge is 0.337 e. The Kier molecular flexibility index (Phi) is 30.7. The highest BCUT2D eigenvalue weighted by Gasteiger charge is 2.27. The van der Waals surface area contributed by atoms with Crippen molar-refractivity contribution >= 4 is 23.6 Å². The number of aromatic hydroxyl groups is 15. The number of unbranched alkanes of at least 4 members (excludes halogenated alkanes) is 2. The van der Waals surface area contributed by atoms with Crippen LogP contribution in [0.15, 0.2) is 188 Å². The molecule has 0 spiro atoms. The van der Waals surface area contributed by atoms with Crippen LogP contribution in [0.25, 0.3) is 114 Å². The zero-order valence-corrected chi connectivity index (χ0v) is 75.4. The minimum Gasteiger partial charge on any atom is -0.508 e. The predicted octanol–water partition coefficient (Wildman–Crippen LogP) is 19.7. The second kappa shape index (κ2) is 42.7. The molecule has 32 nitrogen and oxygen atoms in total. The van der Waals surface area contributed by atoms with Crippen LogP contribution < -0.4 is 10.2 Å². The number of hydrogen-bond acceptors (Lipinski definition) is 31. The molecule has 0 aliphatic rings. The van der Waals surface area contributed by atoms with Crippen molar-refractivity contribution in [1.82, 2.24) is 64.4 Å². The van der Waals surface area contributed by atoms with Gasteiger partial charge >= 0.3 is 5.97 Å². The summed E-state index contributed by atoms with van der Waals surface area (Å²) in [4.78, 5) is 68.7. The van der Waals surface area contributed by atoms with Gasteiger partial charge in [-0.3, -0.25) is 0 Å². The standard InChI is InChI=1S/C31H44N4O4.C27H27N3O3.C23H18N4O6.C20H16N4O4/c1-5-9-11-21(7-3)19-35(20-22(8-4)12-10-6-2)31-33-29(25-15-13-23(36)17-27(25)38)32-30(34-31)26-16-14-24(37)18-28(26)39;1-13-7-19(8-14(2)22(13)31)25-28-26(20-9-15(3)23(32)16(4)10-20)30-27(29-25)21-11-17(5)24(33)18(6)12-21;1-33-22(32)12-2-4-13(5-3-12)24-23-26-20(16-8-6-14(28)10-18(16)30)25-21(27-23)17-9-7-15(29)11-19(17)31;1-24-8-2-3-15(24)20-22-18(13-6-4-11(25)9-16(13)27)21-19(23-20)14-7-5-12(26)10-17(14)28/h13-18,21-22,36-39H,5-12,19-20H2,1-4H3;7-12,31-33H,1-6H3;2-11,28-31H,1H3,(H,24,25,26,27);2-10,25-28H,1H3. The molecule has 0 bridgehead atoms. The number of aryl methyl sites for hydroxylation is 7. The Labute approximate surface area is 767 Å². The minimum absolute atomic E-state index is 0.0630. The molecule has 32 heteroatoms. The van der Waals surface area contributed by atoms with Crippen LogP contribution in [0.5, 0.6) is 86.2 Å². The van der Waals surface area contributed by atoms with E-state index in [-0.39, 0.29) is 138 Å². The first-order valence-corrected chi connectivity index (χ1v) is 43.0. The summed E-state index contributed by atoms with van der Waals surface area (Å²) in [7, 11) is 3.13. The maximum Gasteiger partial charge on any atom is 0.337 e. The Hall–Kier alpha value is -16.4. The maximum absolute atomic E-state index is 11.6. The van der Waals surface area contributed by atoms with Crippen LogP contribution in [-0.2, 0) is 11.8 Å². The highest BCUT2D eigenvalue weighted by atomic mass is 16.5. The van der Waals surface area contributed by atoms with Crippen LogP contribution in [0.2, 0.25) is 0 Å². The van der Waals surface area contributed by atoms with Crippen molar-refractivity contribution in [2.24, 2.45) is 18.9 Å². The zero-order valence-electron chi connectivity index (χ0n) is 75.4. The third-order valence-corrected chi connectivity index (χ3v) is 22.2. The summed E-state index contributed by atoms with van der Waals surface area (Å²) in [5, 5.41) is 154. The highest BCUT2D eigenvalue weighted by molar-refractivity contribution is 5.90. The Balaban J connectivity index is 0.000000161. The van der Waals surface area contributed by atoms with Gasteiger partial charge in [0.2, 0.25) is 11.9 Å². The van der Waals surface area contributed by atoms with Crippen molar-refractivity contribution in [3.05, 3.63) is 227 Å². The average molecular weight is 1800 g/mol. The van der Waals surface area contributed by atoms with E-state index in [1.807, 2.05) is 108 Å². The number of esters is 1. The number of phenols is 15. The quantitative estimate of drug-likeness (QED) is 0.0224. The third-order valence-electron chi connectivity index (χ3n) is 22.2. The van der Waals surface area contributed by atoms with Crippen LogP contribution in [-0.4, -0.2) is 167 Å². The number of carbonyl (C=O) groups excluding carboxylic acids is 1. The number of hydrogen-bond donors (Lipinski definition) is 16. The first-order valence-electron chi connectivity index (χ1n) is 43.0. The molecular weight excluding hydrogens is 1700 g/mol. The molecule has 5 heterocycles. The number of benzene rings is 10. The van der Waals surface area contributed by atoms with Crippen LogP contribution in [0.1, 0.15) is 123 Å². The zero-order chi connectivity index (χ0) is 95.8. The lowest BCUT2D eigenvalue weighted by atomic mass is 9.96. The molecule has 10 aromatic carbocycles. The average Bonchev–Trinajstić information content (AvgIpc) is 1.72. The summed E-state index contributed by atoms with van der Waals surface area (Å²) < 4.78 is 6.52. The number of nitrogens with one attached hydrogen (secondary N) is 1. The van der Waals surface area contributed by atoms with E-state index in [9.17, 15) is 81.4 Å². The molecule has 2 unspecified atom stereocenters. The van der Waals surface area contributed by atoms with Gasteiger partial charge < -0.3 is 96.1 Å². The van der Waals surface area contributed by atoms with Gasteiger partial charge in [-0.15, -0.1) is 0 Å². The number of rotatable bonds is 26. The summed E-state index contributed by atoms with van der Waals surface area (Å²) in [5.41, 5.74) is 10.1. The summed E-state index contributed by atoms with van der Waals surface area (Å²) in [6.07, 6.45) is 10.8. The molecule has 686 valence electrons. The largest absolute Gasteiger partial charge is 0.508 e. The number of methoxy groups -OCH3 is 1. The maximum atomic E-state index is 11.6. The Morgan fingerprint density at radius 3 is 0.895 bits per heavy atom. The van der Waals surface area contributed by atoms with E-state index < -0.39 is 5.97 Å². The molecule has 0 saturated carbocycles. The van der Waals surface area contributed by atoms with Gasteiger partial charge in [0.05, 0.1) is 51.7 Å². The van der Waals surface area contributed by atoms with Crippen molar-refractivity contribution in [1.29, 1.82) is 0 Å². The third kappa shape index (κ3) is 23.6. The SMILES string of the molecule is CCCCC(CC)CN(CC(CC)CCCC)c1nc(-c2ccc(O)cc2O)nc(-c2ccc(O)cc2O)n1.COC(=O)c1ccc(Nc2nc(-c3ccc(O)cc3O)nc(-c3ccc(O)cc3O)n2)cc1.Cc1cc(-c2nc(-c3cc(C)c(O)c(C)c3)nc(-c3cc(C)c(O)c(C)c3)n2)cc(C)c1O.Cn1cccc1-c1nc(-c2ccc(O)cc2O)nc(-c2ccc(O)cc2O)n1. The Bertz CT molecular complexity index is 6260. The van der Waals surface area contributed by atoms with Gasteiger partial charge in [0, 0.05) is 85.1 Å². The van der Waals surface area contributed by atoms with Gasteiger partial charge in [-0.1, -0.05) is 66.2 Å². The van der Waals surface area contributed by atoms with Crippen molar-refractivity contribution in [3.63, 3.8) is 0 Å². The molecule has 133 heavy (non-hydrogen) atoms. The fourth-order valence-corrected chi connectivity index (χ4v) is 14.7. The lowest BCUT2D eigenvalue weighted by Gasteiger charge is -2.31. The number of carbonyl (C=O) groups is 1. The number of ether oxygens (including phenoxy) is 1. The van der Waals surface area contributed by atoms with Crippen LogP contribution in [0.4, 0.5) is 17.6 Å². The van der Waals surface area contributed by atoms with E-state index in [4.69, 9.17) is 24.9 Å². The molecule has 0 aliphatic carbocycles. The second-order valence-corrected chi connectivity index (χ2v) is 32.2. The van der Waals surface area contributed by atoms with Gasteiger partial charge in [-0.05, 0) is 245 Å². The summed E-state index contributed by atoms with van der Waals surface area (Å²) >= 11 is 0. The van der Waals surface area contributed by atoms with Crippen molar-refractivity contribution in [2.45, 2.75) is 121 Å². The first kappa shape index (κ1) is 95.7. The van der Waals surface area contributed by atoms with Gasteiger partial charge in [0.1, 0.15) is 86.2 Å². The van der Waals surface area contributed by atoms with Gasteiger partial charge in [0.15, 0.2) is 58.2 Å². The molecule has 0 aliphatic heterocycles. The molecule has 0 saturated heterocycles.